The lowest BCUT2D eigenvalue weighted by Gasteiger charge is -2.29. The molecule has 0 bridgehead atoms. The minimum atomic E-state index is -0.646. The minimum Gasteiger partial charge on any atom is -0.354 e. The van der Waals surface area contributed by atoms with Gasteiger partial charge in [0.2, 0.25) is 11.8 Å². The molecular formula is C23H28ClFN2O2. The van der Waals surface area contributed by atoms with Crippen molar-refractivity contribution >= 4 is 23.4 Å². The van der Waals surface area contributed by atoms with Gasteiger partial charge in [0, 0.05) is 18.1 Å². The normalized spacial score (nSPS) is 11.9. The lowest BCUT2D eigenvalue weighted by Crippen LogP contribution is -2.48. The van der Waals surface area contributed by atoms with Gasteiger partial charge in [-0.3, -0.25) is 9.59 Å². The van der Waals surface area contributed by atoms with Gasteiger partial charge in [0.1, 0.15) is 11.9 Å². The summed E-state index contributed by atoms with van der Waals surface area (Å²) in [6.45, 7) is 6.69. The summed E-state index contributed by atoms with van der Waals surface area (Å²) in [6.07, 6.45) is 1.02. The number of hydrogen-bond donors (Lipinski definition) is 1. The largest absolute Gasteiger partial charge is 0.354 e. The molecule has 2 rings (SSSR count). The molecule has 2 aromatic carbocycles. The third-order valence-electron chi connectivity index (χ3n) is 4.72. The monoisotopic (exact) mass is 418 g/mol. The van der Waals surface area contributed by atoms with Crippen molar-refractivity contribution < 1.29 is 14.0 Å². The number of amides is 2. The van der Waals surface area contributed by atoms with E-state index in [0.717, 1.165) is 17.5 Å². The summed E-state index contributed by atoms with van der Waals surface area (Å²) in [7, 11) is 0. The topological polar surface area (TPSA) is 49.4 Å². The smallest absolute Gasteiger partial charge is 0.242 e. The first-order valence-electron chi connectivity index (χ1n) is 9.82. The van der Waals surface area contributed by atoms with Gasteiger partial charge in [-0.25, -0.2) is 4.39 Å². The summed E-state index contributed by atoms with van der Waals surface area (Å²) in [4.78, 5) is 27.2. The molecule has 29 heavy (non-hydrogen) atoms. The standard InChI is InChI=1S/C23H28ClFN2O2/c1-16(2)12-13-26-23(29)17(3)27(15-19-6-10-21(25)11-7-19)22(28)14-18-4-8-20(24)9-5-18/h4-11,16-17H,12-15H2,1-3H3,(H,26,29)/t17-/m1/s1. The molecule has 0 unspecified atom stereocenters. The molecule has 0 aliphatic carbocycles. The summed E-state index contributed by atoms with van der Waals surface area (Å²) >= 11 is 5.91. The maximum absolute atomic E-state index is 13.2. The van der Waals surface area contributed by atoms with E-state index in [-0.39, 0.29) is 30.6 Å². The summed E-state index contributed by atoms with van der Waals surface area (Å²) in [6, 6.07) is 12.4. The Kier molecular flexibility index (Phi) is 8.65. The Labute approximate surface area is 177 Å². The molecule has 0 saturated carbocycles. The molecule has 156 valence electrons. The van der Waals surface area contributed by atoms with E-state index in [9.17, 15) is 14.0 Å². The summed E-state index contributed by atoms with van der Waals surface area (Å²) in [5.74, 6) is -0.236. The highest BCUT2D eigenvalue weighted by Crippen LogP contribution is 2.15. The van der Waals surface area contributed by atoms with Gasteiger partial charge in [0.15, 0.2) is 0 Å². The number of nitrogens with one attached hydrogen (secondary N) is 1. The summed E-state index contributed by atoms with van der Waals surface area (Å²) < 4.78 is 13.2. The van der Waals surface area contributed by atoms with Gasteiger partial charge in [0.25, 0.3) is 0 Å². The average Bonchev–Trinajstić information content (AvgIpc) is 2.68. The molecule has 0 aliphatic rings. The van der Waals surface area contributed by atoms with Crippen molar-refractivity contribution in [3.8, 4) is 0 Å². The molecule has 2 amide bonds. The first-order valence-corrected chi connectivity index (χ1v) is 10.2. The Morgan fingerprint density at radius 3 is 2.17 bits per heavy atom. The van der Waals surface area contributed by atoms with E-state index in [1.54, 1.807) is 43.3 Å². The zero-order valence-corrected chi connectivity index (χ0v) is 17.9. The van der Waals surface area contributed by atoms with Crippen LogP contribution >= 0.6 is 11.6 Å². The van der Waals surface area contributed by atoms with E-state index in [2.05, 4.69) is 19.2 Å². The van der Waals surface area contributed by atoms with Gasteiger partial charge < -0.3 is 10.2 Å². The Balaban J connectivity index is 2.14. The third-order valence-corrected chi connectivity index (χ3v) is 4.97. The first kappa shape index (κ1) is 22.9. The van der Waals surface area contributed by atoms with Crippen molar-refractivity contribution in [1.29, 1.82) is 0 Å². The van der Waals surface area contributed by atoms with Crippen LogP contribution in [0.4, 0.5) is 4.39 Å². The van der Waals surface area contributed by atoms with Crippen LogP contribution in [0, 0.1) is 11.7 Å². The second kappa shape index (κ2) is 11.0. The number of hydrogen-bond acceptors (Lipinski definition) is 2. The molecule has 6 heteroatoms. The molecular weight excluding hydrogens is 391 g/mol. The van der Waals surface area contributed by atoms with Crippen molar-refractivity contribution in [2.75, 3.05) is 6.54 Å². The minimum absolute atomic E-state index is 0.155. The Hall–Kier alpha value is -2.40. The zero-order valence-electron chi connectivity index (χ0n) is 17.1. The number of halogens is 2. The maximum atomic E-state index is 13.2. The lowest BCUT2D eigenvalue weighted by molar-refractivity contribution is -0.140. The molecule has 2 aromatic rings. The Morgan fingerprint density at radius 1 is 1.00 bits per heavy atom. The number of nitrogens with zero attached hydrogens (tertiary/aromatic N) is 1. The molecule has 0 fully saturated rings. The van der Waals surface area contributed by atoms with Gasteiger partial charge >= 0.3 is 0 Å². The van der Waals surface area contributed by atoms with E-state index in [0.29, 0.717) is 17.5 Å². The summed E-state index contributed by atoms with van der Waals surface area (Å²) in [5, 5.41) is 3.50. The van der Waals surface area contributed by atoms with Crippen molar-refractivity contribution in [1.82, 2.24) is 10.2 Å². The highest BCUT2D eigenvalue weighted by molar-refractivity contribution is 6.30. The van der Waals surface area contributed by atoms with Crippen LogP contribution in [0.25, 0.3) is 0 Å². The highest BCUT2D eigenvalue weighted by Gasteiger charge is 2.26. The predicted molar refractivity (Wildman–Crippen MR) is 114 cm³/mol. The van der Waals surface area contributed by atoms with Crippen LogP contribution in [0.3, 0.4) is 0 Å². The molecule has 1 N–H and O–H groups in total. The quantitative estimate of drug-likeness (QED) is 0.646. The second-order valence-electron chi connectivity index (χ2n) is 7.60. The molecule has 0 aliphatic heterocycles. The predicted octanol–water partition coefficient (Wildman–Crippen LogP) is 4.60. The van der Waals surface area contributed by atoms with Crippen LogP contribution in [-0.2, 0) is 22.6 Å². The molecule has 0 heterocycles. The van der Waals surface area contributed by atoms with Crippen LogP contribution in [-0.4, -0.2) is 29.3 Å². The fourth-order valence-corrected chi connectivity index (χ4v) is 3.01. The van der Waals surface area contributed by atoms with Crippen LogP contribution in [0.2, 0.25) is 5.02 Å². The number of carbonyl (C=O) groups is 2. The molecule has 1 atom stereocenters. The molecule has 0 radical (unpaired) electrons. The van der Waals surface area contributed by atoms with Crippen molar-refractivity contribution in [3.63, 3.8) is 0 Å². The van der Waals surface area contributed by atoms with Crippen LogP contribution in [0.5, 0.6) is 0 Å². The fourth-order valence-electron chi connectivity index (χ4n) is 2.88. The average molecular weight is 419 g/mol. The van der Waals surface area contributed by atoms with Crippen LogP contribution < -0.4 is 5.32 Å². The molecule has 0 aromatic heterocycles. The lowest BCUT2D eigenvalue weighted by atomic mass is 10.1. The summed E-state index contributed by atoms with van der Waals surface area (Å²) in [5.41, 5.74) is 1.58. The van der Waals surface area contributed by atoms with Gasteiger partial charge in [-0.15, -0.1) is 0 Å². The molecule has 0 saturated heterocycles. The molecule has 0 spiro atoms. The third kappa shape index (κ3) is 7.50. The fraction of sp³-hybridized carbons (Fsp3) is 0.391. The first-order chi connectivity index (χ1) is 13.8. The Morgan fingerprint density at radius 2 is 1.59 bits per heavy atom. The van der Waals surface area contributed by atoms with Crippen molar-refractivity contribution in [3.05, 3.63) is 70.5 Å². The van der Waals surface area contributed by atoms with Gasteiger partial charge in [-0.05, 0) is 54.7 Å². The number of carbonyl (C=O) groups excluding carboxylic acids is 2. The number of rotatable bonds is 9. The highest BCUT2D eigenvalue weighted by atomic mass is 35.5. The van der Waals surface area contributed by atoms with Crippen molar-refractivity contribution in [2.24, 2.45) is 5.92 Å². The second-order valence-corrected chi connectivity index (χ2v) is 8.04. The van der Waals surface area contributed by atoms with Gasteiger partial charge in [-0.1, -0.05) is 49.7 Å². The van der Waals surface area contributed by atoms with Crippen LogP contribution in [0.1, 0.15) is 38.3 Å². The van der Waals surface area contributed by atoms with Crippen LogP contribution in [0.15, 0.2) is 48.5 Å². The van der Waals surface area contributed by atoms with E-state index in [1.807, 2.05) is 0 Å². The van der Waals surface area contributed by atoms with E-state index in [4.69, 9.17) is 11.6 Å². The van der Waals surface area contributed by atoms with E-state index < -0.39 is 6.04 Å². The SMILES string of the molecule is CC(C)CCNC(=O)[C@@H](C)N(Cc1ccc(F)cc1)C(=O)Cc1ccc(Cl)cc1. The number of benzene rings is 2. The molecule has 4 nitrogen and oxygen atoms in total. The van der Waals surface area contributed by atoms with Crippen molar-refractivity contribution in [2.45, 2.75) is 46.2 Å². The maximum Gasteiger partial charge on any atom is 0.242 e. The van der Waals surface area contributed by atoms with Gasteiger partial charge in [0.05, 0.1) is 6.42 Å². The Bertz CT molecular complexity index is 807. The van der Waals surface area contributed by atoms with Gasteiger partial charge in [-0.2, -0.15) is 0 Å². The van der Waals surface area contributed by atoms with E-state index >= 15 is 0 Å². The zero-order chi connectivity index (χ0) is 21.4. The van der Waals surface area contributed by atoms with E-state index in [1.165, 1.54) is 17.0 Å².